The van der Waals surface area contributed by atoms with E-state index in [1.807, 2.05) is 19.2 Å². The lowest BCUT2D eigenvalue weighted by molar-refractivity contribution is 0.588. The maximum atomic E-state index is 12.9. The molecule has 0 aliphatic rings. The highest BCUT2D eigenvalue weighted by Gasteiger charge is 2.10. The van der Waals surface area contributed by atoms with Gasteiger partial charge in [0, 0.05) is 6.04 Å². The number of likely N-dealkylation sites (N-methyl/N-ethyl adjacent to an activating group) is 1. The Morgan fingerprint density at radius 1 is 1.00 bits per heavy atom. The molecule has 1 atom stereocenters. The van der Waals surface area contributed by atoms with E-state index in [0.717, 1.165) is 12.0 Å². The van der Waals surface area contributed by atoms with E-state index in [-0.39, 0.29) is 11.9 Å². The fourth-order valence-electron chi connectivity index (χ4n) is 2.22. The van der Waals surface area contributed by atoms with Gasteiger partial charge in [-0.15, -0.1) is 0 Å². The van der Waals surface area contributed by atoms with Crippen LogP contribution in [0.15, 0.2) is 42.5 Å². The Hall–Kier alpha value is -1.67. The van der Waals surface area contributed by atoms with Crippen LogP contribution in [0.1, 0.15) is 28.3 Å². The number of hydrogen-bond acceptors (Lipinski definition) is 1. The number of nitrogens with one attached hydrogen (secondary N) is 1. The highest BCUT2D eigenvalue weighted by atomic mass is 19.1. The highest BCUT2D eigenvalue weighted by molar-refractivity contribution is 5.32. The van der Waals surface area contributed by atoms with Crippen LogP contribution in [0.5, 0.6) is 0 Å². The van der Waals surface area contributed by atoms with Gasteiger partial charge in [0.05, 0.1) is 0 Å². The number of rotatable bonds is 4. The second kappa shape index (κ2) is 5.98. The third-order valence-corrected chi connectivity index (χ3v) is 3.63. The second-order valence-corrected chi connectivity index (χ2v) is 5.02. The summed E-state index contributed by atoms with van der Waals surface area (Å²) in [5.74, 6) is -0.184. The molecule has 100 valence electrons. The summed E-state index contributed by atoms with van der Waals surface area (Å²) >= 11 is 0. The standard InChI is InChI=1S/C17H20FN/c1-12-4-7-15(10-13(12)2)17(19-3)11-14-5-8-16(18)9-6-14/h4-10,17,19H,11H2,1-3H3. The van der Waals surface area contributed by atoms with Crippen molar-refractivity contribution in [2.24, 2.45) is 0 Å². The largest absolute Gasteiger partial charge is 0.313 e. The first-order valence-corrected chi connectivity index (χ1v) is 6.59. The molecular formula is C17H20FN. The molecule has 0 aliphatic carbocycles. The van der Waals surface area contributed by atoms with Gasteiger partial charge in [0.25, 0.3) is 0 Å². The van der Waals surface area contributed by atoms with Crippen molar-refractivity contribution in [1.29, 1.82) is 0 Å². The lowest BCUT2D eigenvalue weighted by Gasteiger charge is -2.18. The number of hydrogen-bond donors (Lipinski definition) is 1. The van der Waals surface area contributed by atoms with Crippen LogP contribution in [0, 0.1) is 19.7 Å². The fraction of sp³-hybridized carbons (Fsp3) is 0.294. The summed E-state index contributed by atoms with van der Waals surface area (Å²) < 4.78 is 12.9. The van der Waals surface area contributed by atoms with Gasteiger partial charge in [0.1, 0.15) is 5.82 Å². The molecule has 0 heterocycles. The lowest BCUT2D eigenvalue weighted by Crippen LogP contribution is -2.19. The molecule has 0 aliphatic heterocycles. The molecule has 0 fully saturated rings. The molecule has 0 bridgehead atoms. The molecule has 1 unspecified atom stereocenters. The molecule has 1 N–H and O–H groups in total. The minimum absolute atomic E-state index is 0.184. The van der Waals surface area contributed by atoms with E-state index in [9.17, 15) is 4.39 Å². The summed E-state index contributed by atoms with van der Waals surface area (Å²) in [6, 6.07) is 13.5. The molecule has 0 radical (unpaired) electrons. The molecule has 1 nitrogen and oxygen atoms in total. The Kier molecular flexibility index (Phi) is 4.33. The van der Waals surface area contributed by atoms with Gasteiger partial charge in [-0.05, 0) is 61.7 Å². The van der Waals surface area contributed by atoms with Crippen molar-refractivity contribution < 1.29 is 4.39 Å². The van der Waals surface area contributed by atoms with Crippen LogP contribution in [0.4, 0.5) is 4.39 Å². The van der Waals surface area contributed by atoms with Gasteiger partial charge in [-0.1, -0.05) is 30.3 Å². The minimum atomic E-state index is -0.184. The zero-order valence-corrected chi connectivity index (χ0v) is 11.7. The first kappa shape index (κ1) is 13.8. The molecule has 0 spiro atoms. The minimum Gasteiger partial charge on any atom is -0.313 e. The summed E-state index contributed by atoms with van der Waals surface area (Å²) in [5, 5.41) is 3.33. The van der Waals surface area contributed by atoms with E-state index in [0.29, 0.717) is 0 Å². The first-order valence-electron chi connectivity index (χ1n) is 6.59. The SMILES string of the molecule is CNC(Cc1ccc(F)cc1)c1ccc(C)c(C)c1. The van der Waals surface area contributed by atoms with E-state index in [4.69, 9.17) is 0 Å². The van der Waals surface area contributed by atoms with Crippen molar-refractivity contribution in [2.45, 2.75) is 26.3 Å². The van der Waals surface area contributed by atoms with Crippen molar-refractivity contribution in [1.82, 2.24) is 5.32 Å². The van der Waals surface area contributed by atoms with Crippen molar-refractivity contribution in [3.63, 3.8) is 0 Å². The summed E-state index contributed by atoms with van der Waals surface area (Å²) in [7, 11) is 1.96. The number of halogens is 1. The van der Waals surface area contributed by atoms with Crippen molar-refractivity contribution >= 4 is 0 Å². The van der Waals surface area contributed by atoms with E-state index < -0.39 is 0 Å². The maximum Gasteiger partial charge on any atom is 0.123 e. The van der Waals surface area contributed by atoms with Crippen molar-refractivity contribution in [3.8, 4) is 0 Å². The summed E-state index contributed by atoms with van der Waals surface area (Å²) in [4.78, 5) is 0. The van der Waals surface area contributed by atoms with Crippen LogP contribution in [0.2, 0.25) is 0 Å². The van der Waals surface area contributed by atoms with E-state index in [2.05, 4.69) is 37.4 Å². The Morgan fingerprint density at radius 2 is 1.68 bits per heavy atom. The summed E-state index contributed by atoms with van der Waals surface area (Å²) in [5.41, 5.74) is 5.02. The van der Waals surface area contributed by atoms with Gasteiger partial charge in [-0.3, -0.25) is 0 Å². The third-order valence-electron chi connectivity index (χ3n) is 3.63. The fourth-order valence-corrected chi connectivity index (χ4v) is 2.22. The topological polar surface area (TPSA) is 12.0 Å². The average molecular weight is 257 g/mol. The predicted molar refractivity (Wildman–Crippen MR) is 77.8 cm³/mol. The molecule has 0 saturated carbocycles. The van der Waals surface area contributed by atoms with Crippen LogP contribution in [-0.2, 0) is 6.42 Å². The van der Waals surface area contributed by atoms with Crippen LogP contribution in [0.3, 0.4) is 0 Å². The Morgan fingerprint density at radius 3 is 2.26 bits per heavy atom. The van der Waals surface area contributed by atoms with Gasteiger partial charge in [0.15, 0.2) is 0 Å². The van der Waals surface area contributed by atoms with Gasteiger partial charge in [-0.2, -0.15) is 0 Å². The maximum absolute atomic E-state index is 12.9. The molecule has 2 rings (SSSR count). The lowest BCUT2D eigenvalue weighted by atomic mass is 9.96. The van der Waals surface area contributed by atoms with Crippen molar-refractivity contribution in [3.05, 3.63) is 70.5 Å². The van der Waals surface area contributed by atoms with Gasteiger partial charge in [-0.25, -0.2) is 4.39 Å². The molecule has 0 aromatic heterocycles. The van der Waals surface area contributed by atoms with Gasteiger partial charge in [0.2, 0.25) is 0 Å². The van der Waals surface area contributed by atoms with Crippen molar-refractivity contribution in [2.75, 3.05) is 7.05 Å². The monoisotopic (exact) mass is 257 g/mol. The number of benzene rings is 2. The molecule has 0 amide bonds. The number of aryl methyl sites for hydroxylation is 2. The Balaban J connectivity index is 2.19. The van der Waals surface area contributed by atoms with E-state index in [1.54, 1.807) is 0 Å². The van der Waals surface area contributed by atoms with Gasteiger partial charge >= 0.3 is 0 Å². The molecule has 2 aromatic rings. The highest BCUT2D eigenvalue weighted by Crippen LogP contribution is 2.21. The summed E-state index contributed by atoms with van der Waals surface area (Å²) in [6.07, 6.45) is 0.860. The smallest absolute Gasteiger partial charge is 0.123 e. The average Bonchev–Trinajstić information content (AvgIpc) is 2.41. The van der Waals surface area contributed by atoms with Crippen LogP contribution >= 0.6 is 0 Å². The zero-order valence-electron chi connectivity index (χ0n) is 11.7. The normalized spacial score (nSPS) is 12.4. The van der Waals surface area contributed by atoms with Crippen LogP contribution in [0.25, 0.3) is 0 Å². The molecule has 2 heteroatoms. The van der Waals surface area contributed by atoms with Crippen LogP contribution in [-0.4, -0.2) is 7.05 Å². The predicted octanol–water partition coefficient (Wildman–Crippen LogP) is 3.95. The zero-order chi connectivity index (χ0) is 13.8. The molecule has 19 heavy (non-hydrogen) atoms. The molecule has 0 saturated heterocycles. The molecule has 2 aromatic carbocycles. The van der Waals surface area contributed by atoms with E-state index in [1.165, 1.54) is 28.8 Å². The Labute approximate surface area is 114 Å². The Bertz CT molecular complexity index is 546. The first-order chi connectivity index (χ1) is 9.10. The molecular weight excluding hydrogens is 237 g/mol. The third kappa shape index (κ3) is 3.42. The second-order valence-electron chi connectivity index (χ2n) is 5.02. The van der Waals surface area contributed by atoms with Gasteiger partial charge < -0.3 is 5.32 Å². The summed E-state index contributed by atoms with van der Waals surface area (Å²) in [6.45, 7) is 4.25. The quantitative estimate of drug-likeness (QED) is 0.874. The van der Waals surface area contributed by atoms with Crippen LogP contribution < -0.4 is 5.32 Å². The van der Waals surface area contributed by atoms with E-state index >= 15 is 0 Å².